The lowest BCUT2D eigenvalue weighted by Gasteiger charge is -2.04. The molecule has 0 unspecified atom stereocenters. The Hall–Kier alpha value is -2.27. The molecule has 0 radical (unpaired) electrons. The average Bonchev–Trinajstić information content (AvgIpc) is 2.77. The van der Waals surface area contributed by atoms with Crippen LogP contribution >= 0.6 is 12.2 Å². The third-order valence-corrected chi connectivity index (χ3v) is 3.31. The van der Waals surface area contributed by atoms with Crippen molar-refractivity contribution >= 4 is 22.9 Å². The predicted molar refractivity (Wildman–Crippen MR) is 83.6 cm³/mol. The molecule has 3 aromatic heterocycles. The number of thiocarbonyl (C=S) groups is 1. The van der Waals surface area contributed by atoms with Gasteiger partial charge in [-0.1, -0.05) is 18.3 Å². The number of nitrogens with two attached hydrogens (primary N) is 1. The molecule has 0 amide bonds. The first-order valence-electron chi connectivity index (χ1n) is 6.31. The van der Waals surface area contributed by atoms with E-state index in [2.05, 4.69) is 22.5 Å². The number of aromatic nitrogens is 3. The molecule has 2 N–H and O–H groups in total. The molecule has 20 heavy (non-hydrogen) atoms. The van der Waals surface area contributed by atoms with Crippen LogP contribution in [-0.2, 0) is 6.42 Å². The molecule has 3 aromatic rings. The Morgan fingerprint density at radius 3 is 2.70 bits per heavy atom. The fourth-order valence-electron chi connectivity index (χ4n) is 2.27. The smallest absolute Gasteiger partial charge is 0.137 e. The van der Waals surface area contributed by atoms with Crippen LogP contribution in [0.5, 0.6) is 0 Å². The lowest BCUT2D eigenvalue weighted by molar-refractivity contribution is 1.06. The van der Waals surface area contributed by atoms with Crippen LogP contribution in [0.4, 0.5) is 0 Å². The van der Waals surface area contributed by atoms with Gasteiger partial charge in [0.1, 0.15) is 5.65 Å². The summed E-state index contributed by atoms with van der Waals surface area (Å²) in [5.41, 5.74) is 10.7. The molecular formula is C15H14N4S. The van der Waals surface area contributed by atoms with Crippen LogP contribution in [0.25, 0.3) is 16.9 Å². The van der Waals surface area contributed by atoms with Crippen molar-refractivity contribution < 1.29 is 0 Å². The highest BCUT2D eigenvalue weighted by atomic mass is 32.1. The van der Waals surface area contributed by atoms with Crippen molar-refractivity contribution in [3.8, 4) is 11.3 Å². The maximum Gasteiger partial charge on any atom is 0.137 e. The Balaban J connectivity index is 2.28. The molecule has 3 heterocycles. The van der Waals surface area contributed by atoms with Gasteiger partial charge in [-0.05, 0) is 30.7 Å². The van der Waals surface area contributed by atoms with E-state index >= 15 is 0 Å². The van der Waals surface area contributed by atoms with Gasteiger partial charge in [-0.15, -0.1) is 0 Å². The second kappa shape index (κ2) is 5.02. The van der Waals surface area contributed by atoms with Crippen molar-refractivity contribution in [3.63, 3.8) is 0 Å². The number of pyridine rings is 2. The number of rotatable bonds is 3. The standard InChI is InChI=1S/C15H14N4S/c1-10-2-3-14-18-15(11-4-6-17-7-5-11)12(8-13(16)20)19(14)9-10/h2-7,9H,8H2,1H3,(H2,16,20). The Morgan fingerprint density at radius 1 is 1.25 bits per heavy atom. The first kappa shape index (κ1) is 12.7. The predicted octanol–water partition coefficient (Wildman–Crippen LogP) is 2.53. The average molecular weight is 282 g/mol. The van der Waals surface area contributed by atoms with Crippen LogP contribution in [0, 0.1) is 6.92 Å². The number of aryl methyl sites for hydroxylation is 1. The van der Waals surface area contributed by atoms with Crippen LogP contribution in [0.3, 0.4) is 0 Å². The zero-order valence-corrected chi connectivity index (χ0v) is 11.9. The summed E-state index contributed by atoms with van der Waals surface area (Å²) in [6.45, 7) is 2.05. The van der Waals surface area contributed by atoms with Gasteiger partial charge in [-0.3, -0.25) is 4.98 Å². The van der Waals surface area contributed by atoms with Crippen molar-refractivity contribution in [3.05, 3.63) is 54.1 Å². The zero-order valence-electron chi connectivity index (χ0n) is 11.1. The molecule has 0 saturated carbocycles. The van der Waals surface area contributed by atoms with Gasteiger partial charge in [0.2, 0.25) is 0 Å². The fraction of sp³-hybridized carbons (Fsp3) is 0.133. The van der Waals surface area contributed by atoms with E-state index < -0.39 is 0 Å². The first-order chi connectivity index (χ1) is 9.65. The third kappa shape index (κ3) is 2.28. The van der Waals surface area contributed by atoms with Crippen molar-refractivity contribution in [2.75, 3.05) is 0 Å². The molecule has 0 aromatic carbocycles. The summed E-state index contributed by atoms with van der Waals surface area (Å²) in [6.07, 6.45) is 6.10. The number of nitrogens with zero attached hydrogens (tertiary/aromatic N) is 3. The maximum absolute atomic E-state index is 5.74. The molecule has 0 spiro atoms. The van der Waals surface area contributed by atoms with E-state index in [-0.39, 0.29) is 0 Å². The molecule has 0 aliphatic rings. The molecule has 0 aliphatic heterocycles. The summed E-state index contributed by atoms with van der Waals surface area (Å²) in [5, 5.41) is 0. The summed E-state index contributed by atoms with van der Waals surface area (Å²) < 4.78 is 2.06. The quantitative estimate of drug-likeness (QED) is 0.750. The monoisotopic (exact) mass is 282 g/mol. The summed E-state index contributed by atoms with van der Waals surface area (Å²) in [6, 6.07) is 7.93. The van der Waals surface area contributed by atoms with Crippen molar-refractivity contribution in [1.29, 1.82) is 0 Å². The summed E-state index contributed by atoms with van der Waals surface area (Å²) in [5.74, 6) is 0. The Kier molecular flexibility index (Phi) is 3.20. The molecular weight excluding hydrogens is 268 g/mol. The van der Waals surface area contributed by atoms with E-state index in [4.69, 9.17) is 22.9 Å². The molecule has 100 valence electrons. The van der Waals surface area contributed by atoms with E-state index in [9.17, 15) is 0 Å². The van der Waals surface area contributed by atoms with Crippen LogP contribution < -0.4 is 5.73 Å². The van der Waals surface area contributed by atoms with Gasteiger partial charge in [0.15, 0.2) is 0 Å². The largest absolute Gasteiger partial charge is 0.393 e. The van der Waals surface area contributed by atoms with E-state index in [1.165, 1.54) is 5.56 Å². The van der Waals surface area contributed by atoms with Gasteiger partial charge in [0.05, 0.1) is 16.4 Å². The topological polar surface area (TPSA) is 56.2 Å². The molecule has 0 bridgehead atoms. The van der Waals surface area contributed by atoms with Gasteiger partial charge < -0.3 is 10.1 Å². The number of hydrogen-bond donors (Lipinski definition) is 1. The lowest BCUT2D eigenvalue weighted by atomic mass is 10.1. The molecule has 0 saturated heterocycles. The Labute approximate surface area is 122 Å². The summed E-state index contributed by atoms with van der Waals surface area (Å²) in [4.78, 5) is 9.20. The molecule has 0 aliphatic carbocycles. The minimum atomic E-state index is 0.462. The number of fused-ring (bicyclic) bond motifs is 1. The van der Waals surface area contributed by atoms with Crippen LogP contribution in [-0.4, -0.2) is 19.4 Å². The molecule has 5 heteroatoms. The minimum Gasteiger partial charge on any atom is -0.393 e. The highest BCUT2D eigenvalue weighted by Crippen LogP contribution is 2.24. The van der Waals surface area contributed by atoms with Crippen molar-refractivity contribution in [2.24, 2.45) is 5.73 Å². The minimum absolute atomic E-state index is 0.462. The Bertz CT molecular complexity index is 777. The second-order valence-corrected chi connectivity index (χ2v) is 5.25. The molecule has 4 nitrogen and oxygen atoms in total. The normalized spacial score (nSPS) is 10.8. The zero-order chi connectivity index (χ0) is 14.1. The molecule has 3 rings (SSSR count). The maximum atomic E-state index is 5.74. The van der Waals surface area contributed by atoms with Gasteiger partial charge in [0, 0.05) is 30.6 Å². The van der Waals surface area contributed by atoms with E-state index in [1.807, 2.05) is 24.3 Å². The van der Waals surface area contributed by atoms with Crippen molar-refractivity contribution in [2.45, 2.75) is 13.3 Å². The van der Waals surface area contributed by atoms with Crippen LogP contribution in [0.1, 0.15) is 11.3 Å². The van der Waals surface area contributed by atoms with Crippen LogP contribution in [0.2, 0.25) is 0 Å². The lowest BCUT2D eigenvalue weighted by Crippen LogP contribution is -2.13. The number of hydrogen-bond acceptors (Lipinski definition) is 3. The molecule has 0 atom stereocenters. The van der Waals surface area contributed by atoms with E-state index in [0.29, 0.717) is 11.4 Å². The van der Waals surface area contributed by atoms with Crippen molar-refractivity contribution in [1.82, 2.24) is 14.4 Å². The highest BCUT2D eigenvalue weighted by Gasteiger charge is 2.14. The highest BCUT2D eigenvalue weighted by molar-refractivity contribution is 7.80. The summed E-state index contributed by atoms with van der Waals surface area (Å²) >= 11 is 5.07. The number of imidazole rings is 1. The first-order valence-corrected chi connectivity index (χ1v) is 6.72. The summed E-state index contributed by atoms with van der Waals surface area (Å²) in [7, 11) is 0. The molecule has 0 fully saturated rings. The fourth-order valence-corrected chi connectivity index (χ4v) is 2.41. The van der Waals surface area contributed by atoms with Gasteiger partial charge in [-0.2, -0.15) is 0 Å². The second-order valence-electron chi connectivity index (χ2n) is 4.72. The van der Waals surface area contributed by atoms with Gasteiger partial charge in [-0.25, -0.2) is 4.98 Å². The third-order valence-electron chi connectivity index (χ3n) is 3.16. The van der Waals surface area contributed by atoms with Crippen LogP contribution in [0.15, 0.2) is 42.9 Å². The van der Waals surface area contributed by atoms with E-state index in [1.54, 1.807) is 12.4 Å². The van der Waals surface area contributed by atoms with E-state index in [0.717, 1.165) is 22.6 Å². The van der Waals surface area contributed by atoms with Gasteiger partial charge >= 0.3 is 0 Å². The Morgan fingerprint density at radius 2 is 2.00 bits per heavy atom. The SMILES string of the molecule is Cc1ccc2nc(-c3ccncc3)c(CC(N)=S)n2c1. The van der Waals surface area contributed by atoms with Gasteiger partial charge in [0.25, 0.3) is 0 Å².